The van der Waals surface area contributed by atoms with Crippen LogP contribution < -0.4 is 5.32 Å². The molecule has 2 rings (SSSR count). The maximum atomic E-state index is 11.6. The number of piperidine rings is 1. The molecule has 0 amide bonds. The van der Waals surface area contributed by atoms with Crippen molar-refractivity contribution in [2.45, 2.75) is 26.2 Å². The first-order valence-electron chi connectivity index (χ1n) is 8.59. The summed E-state index contributed by atoms with van der Waals surface area (Å²) in [5, 5.41) is 4.61. The lowest BCUT2D eigenvalue weighted by atomic mass is 9.97. The van der Waals surface area contributed by atoms with Gasteiger partial charge in [-0.15, -0.1) is 0 Å². The normalized spacial score (nSPS) is 16.0. The zero-order valence-electron chi connectivity index (χ0n) is 14.7. The summed E-state index contributed by atoms with van der Waals surface area (Å²) in [6, 6.07) is 5.56. The zero-order valence-corrected chi connectivity index (χ0v) is 16.2. The minimum atomic E-state index is -0.112. The molecule has 7 heteroatoms. The van der Waals surface area contributed by atoms with Gasteiger partial charge in [0.1, 0.15) is 0 Å². The van der Waals surface area contributed by atoms with Crippen LogP contribution in [0.25, 0.3) is 0 Å². The molecular weight excluding hydrogens is 361 g/mol. The second-order valence-corrected chi connectivity index (χ2v) is 6.92. The number of halogens is 2. The van der Waals surface area contributed by atoms with E-state index in [1.54, 1.807) is 6.07 Å². The molecule has 5 nitrogen and oxygen atoms in total. The molecule has 0 bridgehead atoms. The van der Waals surface area contributed by atoms with Crippen LogP contribution in [-0.4, -0.2) is 50.1 Å². The largest absolute Gasteiger partial charge is 0.469 e. The highest BCUT2D eigenvalue weighted by Gasteiger charge is 2.26. The summed E-state index contributed by atoms with van der Waals surface area (Å²) in [6.07, 6.45) is 2.36. The fourth-order valence-electron chi connectivity index (χ4n) is 2.97. The summed E-state index contributed by atoms with van der Waals surface area (Å²) in [5.74, 6) is 0.774. The predicted octanol–water partition coefficient (Wildman–Crippen LogP) is 3.39. The SMILES string of the molecule is CCNC(=NCCc1cc(Cl)cc(Cl)c1)N1CCC(C(=O)OC)CC1. The van der Waals surface area contributed by atoms with Crippen molar-refractivity contribution in [2.75, 3.05) is 33.3 Å². The van der Waals surface area contributed by atoms with Gasteiger partial charge in [-0.05, 0) is 49.9 Å². The Labute approximate surface area is 159 Å². The third-order valence-corrected chi connectivity index (χ3v) is 4.68. The van der Waals surface area contributed by atoms with Gasteiger partial charge < -0.3 is 15.0 Å². The Morgan fingerprint density at radius 2 is 1.92 bits per heavy atom. The number of carbonyl (C=O) groups is 1. The van der Waals surface area contributed by atoms with Crippen molar-refractivity contribution in [3.63, 3.8) is 0 Å². The van der Waals surface area contributed by atoms with Gasteiger partial charge in [0.05, 0.1) is 13.0 Å². The van der Waals surface area contributed by atoms with Crippen LogP contribution >= 0.6 is 23.2 Å². The molecule has 25 heavy (non-hydrogen) atoms. The molecule has 0 saturated carbocycles. The van der Waals surface area contributed by atoms with Gasteiger partial charge in [-0.3, -0.25) is 9.79 Å². The predicted molar refractivity (Wildman–Crippen MR) is 102 cm³/mol. The van der Waals surface area contributed by atoms with Gasteiger partial charge in [0.15, 0.2) is 5.96 Å². The number of nitrogens with one attached hydrogen (secondary N) is 1. The van der Waals surface area contributed by atoms with E-state index in [0.29, 0.717) is 16.6 Å². The minimum Gasteiger partial charge on any atom is -0.469 e. The van der Waals surface area contributed by atoms with Crippen molar-refractivity contribution >= 4 is 35.1 Å². The molecular formula is C18H25Cl2N3O2. The highest BCUT2D eigenvalue weighted by Crippen LogP contribution is 2.20. The van der Waals surface area contributed by atoms with Crippen molar-refractivity contribution < 1.29 is 9.53 Å². The van der Waals surface area contributed by atoms with E-state index in [9.17, 15) is 4.79 Å². The summed E-state index contributed by atoms with van der Waals surface area (Å²) in [5.41, 5.74) is 1.07. The molecule has 0 atom stereocenters. The molecule has 0 radical (unpaired) electrons. The molecule has 0 spiro atoms. The summed E-state index contributed by atoms with van der Waals surface area (Å²) < 4.78 is 4.84. The Kier molecular flexibility index (Phi) is 7.85. The molecule has 138 valence electrons. The molecule has 1 aromatic carbocycles. The number of aliphatic imine (C=N–C) groups is 1. The first-order valence-corrected chi connectivity index (χ1v) is 9.35. The molecule has 1 aromatic rings. The number of likely N-dealkylation sites (tertiary alicyclic amines) is 1. The number of guanidine groups is 1. The number of methoxy groups -OCH3 is 1. The van der Waals surface area contributed by atoms with E-state index >= 15 is 0 Å². The van der Waals surface area contributed by atoms with Gasteiger partial charge in [0, 0.05) is 36.2 Å². The maximum Gasteiger partial charge on any atom is 0.308 e. The van der Waals surface area contributed by atoms with Crippen LogP contribution in [0.1, 0.15) is 25.3 Å². The molecule has 0 aromatic heterocycles. The number of hydrogen-bond acceptors (Lipinski definition) is 3. The van der Waals surface area contributed by atoms with Crippen LogP contribution in [0, 0.1) is 5.92 Å². The molecule has 1 aliphatic heterocycles. The Bertz CT molecular complexity index is 594. The van der Waals surface area contributed by atoms with Crippen molar-refractivity contribution in [1.29, 1.82) is 0 Å². The average Bonchev–Trinajstić information content (AvgIpc) is 2.59. The lowest BCUT2D eigenvalue weighted by Gasteiger charge is -2.33. The van der Waals surface area contributed by atoms with Crippen LogP contribution in [0.4, 0.5) is 0 Å². The van der Waals surface area contributed by atoms with Crippen LogP contribution in [0.5, 0.6) is 0 Å². The van der Waals surface area contributed by atoms with Crippen LogP contribution in [0.3, 0.4) is 0 Å². The minimum absolute atomic E-state index is 0.00210. The van der Waals surface area contributed by atoms with Gasteiger partial charge in [0.2, 0.25) is 0 Å². The quantitative estimate of drug-likeness (QED) is 0.479. The van der Waals surface area contributed by atoms with E-state index in [1.807, 2.05) is 19.1 Å². The highest BCUT2D eigenvalue weighted by atomic mass is 35.5. The van der Waals surface area contributed by atoms with E-state index in [4.69, 9.17) is 32.9 Å². The second-order valence-electron chi connectivity index (χ2n) is 6.05. The third-order valence-electron chi connectivity index (χ3n) is 4.25. The molecule has 1 aliphatic rings. The average molecular weight is 386 g/mol. The van der Waals surface area contributed by atoms with Crippen LogP contribution in [-0.2, 0) is 16.0 Å². The van der Waals surface area contributed by atoms with Gasteiger partial charge in [-0.25, -0.2) is 0 Å². The summed E-state index contributed by atoms with van der Waals surface area (Å²) in [4.78, 5) is 18.6. The first kappa shape index (κ1) is 19.9. The molecule has 1 saturated heterocycles. The lowest BCUT2D eigenvalue weighted by Crippen LogP contribution is -2.46. The van der Waals surface area contributed by atoms with Crippen LogP contribution in [0.2, 0.25) is 10.0 Å². The second kappa shape index (κ2) is 9.88. The number of rotatable bonds is 5. The van der Waals surface area contributed by atoms with E-state index in [2.05, 4.69) is 10.2 Å². The Balaban J connectivity index is 1.93. The van der Waals surface area contributed by atoms with E-state index in [-0.39, 0.29) is 11.9 Å². The summed E-state index contributed by atoms with van der Waals surface area (Å²) >= 11 is 12.1. The smallest absolute Gasteiger partial charge is 0.308 e. The Morgan fingerprint density at radius 1 is 1.28 bits per heavy atom. The van der Waals surface area contributed by atoms with E-state index < -0.39 is 0 Å². The number of carbonyl (C=O) groups excluding carboxylic acids is 1. The Morgan fingerprint density at radius 3 is 2.48 bits per heavy atom. The Hall–Kier alpha value is -1.46. The number of benzene rings is 1. The molecule has 0 aliphatic carbocycles. The maximum absolute atomic E-state index is 11.6. The summed E-state index contributed by atoms with van der Waals surface area (Å²) in [6.45, 7) is 5.10. The third kappa shape index (κ3) is 6.08. The molecule has 1 N–H and O–H groups in total. The number of hydrogen-bond donors (Lipinski definition) is 1. The van der Waals surface area contributed by atoms with Crippen molar-refractivity contribution in [3.05, 3.63) is 33.8 Å². The van der Waals surface area contributed by atoms with Gasteiger partial charge in [-0.1, -0.05) is 23.2 Å². The fourth-order valence-corrected chi connectivity index (χ4v) is 3.54. The molecule has 1 fully saturated rings. The first-order chi connectivity index (χ1) is 12.0. The topological polar surface area (TPSA) is 53.9 Å². The monoisotopic (exact) mass is 385 g/mol. The van der Waals surface area contributed by atoms with Crippen LogP contribution in [0.15, 0.2) is 23.2 Å². The van der Waals surface area contributed by atoms with E-state index in [0.717, 1.165) is 50.4 Å². The fraction of sp³-hybridized carbons (Fsp3) is 0.556. The lowest BCUT2D eigenvalue weighted by molar-refractivity contribution is -0.146. The van der Waals surface area contributed by atoms with Gasteiger partial charge >= 0.3 is 5.97 Å². The van der Waals surface area contributed by atoms with E-state index in [1.165, 1.54) is 7.11 Å². The number of ether oxygens (including phenoxy) is 1. The zero-order chi connectivity index (χ0) is 18.2. The van der Waals surface area contributed by atoms with Gasteiger partial charge in [0.25, 0.3) is 0 Å². The molecule has 0 unspecified atom stereocenters. The summed E-state index contributed by atoms with van der Waals surface area (Å²) in [7, 11) is 1.45. The highest BCUT2D eigenvalue weighted by molar-refractivity contribution is 6.34. The van der Waals surface area contributed by atoms with Crippen molar-refractivity contribution in [1.82, 2.24) is 10.2 Å². The molecule has 1 heterocycles. The number of esters is 1. The van der Waals surface area contributed by atoms with Crippen molar-refractivity contribution in [3.8, 4) is 0 Å². The standard InChI is InChI=1S/C18H25Cl2N3O2/c1-3-21-18(23-8-5-14(6-9-23)17(24)25-2)22-7-4-13-10-15(19)12-16(20)11-13/h10-12,14H,3-9H2,1-2H3,(H,21,22). The van der Waals surface area contributed by atoms with Crippen molar-refractivity contribution in [2.24, 2.45) is 10.9 Å². The number of nitrogens with zero attached hydrogens (tertiary/aromatic N) is 2. The van der Waals surface area contributed by atoms with Gasteiger partial charge in [-0.2, -0.15) is 0 Å².